The summed E-state index contributed by atoms with van der Waals surface area (Å²) < 4.78 is 40.3. The Morgan fingerprint density at radius 1 is 1.07 bits per heavy atom. The summed E-state index contributed by atoms with van der Waals surface area (Å²) in [7, 11) is 0. The van der Waals surface area contributed by atoms with E-state index in [1.165, 1.54) is 29.6 Å². The van der Waals surface area contributed by atoms with Gasteiger partial charge in [0.15, 0.2) is 5.13 Å². The van der Waals surface area contributed by atoms with E-state index in [9.17, 15) is 22.8 Å². The number of nitrogens with one attached hydrogen (secondary N) is 2. The van der Waals surface area contributed by atoms with E-state index in [-0.39, 0.29) is 22.7 Å². The number of ether oxygens (including phenoxy) is 1. The van der Waals surface area contributed by atoms with Gasteiger partial charge >= 0.3 is 6.36 Å². The van der Waals surface area contributed by atoms with Crippen LogP contribution >= 0.6 is 11.3 Å². The number of hydrogen-bond acceptors (Lipinski definition) is 6. The van der Waals surface area contributed by atoms with Crippen molar-refractivity contribution < 1.29 is 27.5 Å². The first kappa shape index (κ1) is 20.1. The fraction of sp³-hybridized carbons (Fsp3) is 0.0556. The Morgan fingerprint density at radius 2 is 1.76 bits per heavy atom. The Bertz CT molecular complexity index is 1040. The van der Waals surface area contributed by atoms with Crippen molar-refractivity contribution in [3.05, 3.63) is 65.2 Å². The second-order valence-corrected chi connectivity index (χ2v) is 6.46. The fourth-order valence-corrected chi connectivity index (χ4v) is 3.00. The molecule has 0 spiro atoms. The molecule has 0 radical (unpaired) electrons. The molecule has 2 aromatic carbocycles. The average molecular weight is 422 g/mol. The summed E-state index contributed by atoms with van der Waals surface area (Å²) in [4.78, 5) is 27.9. The predicted octanol–water partition coefficient (Wildman–Crippen LogP) is 4.14. The van der Waals surface area contributed by atoms with Crippen LogP contribution in [0.1, 0.15) is 20.8 Å². The van der Waals surface area contributed by atoms with Gasteiger partial charge in [0.25, 0.3) is 11.8 Å². The van der Waals surface area contributed by atoms with Crippen molar-refractivity contribution in [3.8, 4) is 5.75 Å². The van der Waals surface area contributed by atoms with Crippen LogP contribution in [0.25, 0.3) is 0 Å². The quantitative estimate of drug-likeness (QED) is 0.554. The normalized spacial score (nSPS) is 11.0. The van der Waals surface area contributed by atoms with Crippen molar-refractivity contribution in [1.29, 1.82) is 0 Å². The van der Waals surface area contributed by atoms with E-state index in [4.69, 9.17) is 5.73 Å². The summed E-state index contributed by atoms with van der Waals surface area (Å²) in [6.07, 6.45) is -4.76. The molecule has 2 amide bonds. The number of rotatable bonds is 6. The maximum Gasteiger partial charge on any atom is 0.573 e. The number of carbonyl (C=O) groups excluding carboxylic acids is 2. The van der Waals surface area contributed by atoms with Crippen molar-refractivity contribution in [2.45, 2.75) is 6.36 Å². The number of primary amides is 1. The monoisotopic (exact) mass is 422 g/mol. The summed E-state index contributed by atoms with van der Waals surface area (Å²) in [6, 6.07) is 11.3. The number of alkyl halides is 3. The molecule has 7 nitrogen and oxygen atoms in total. The van der Waals surface area contributed by atoms with E-state index in [1.807, 2.05) is 0 Å². The number of hydrogen-bond donors (Lipinski definition) is 3. The molecule has 29 heavy (non-hydrogen) atoms. The van der Waals surface area contributed by atoms with Crippen molar-refractivity contribution in [2.75, 3.05) is 10.6 Å². The predicted molar refractivity (Wildman–Crippen MR) is 101 cm³/mol. The molecule has 0 saturated heterocycles. The van der Waals surface area contributed by atoms with Gasteiger partial charge < -0.3 is 21.1 Å². The minimum absolute atomic E-state index is 0.0915. The van der Waals surface area contributed by atoms with Gasteiger partial charge in [0, 0.05) is 11.1 Å². The lowest BCUT2D eigenvalue weighted by molar-refractivity contribution is -0.274. The van der Waals surface area contributed by atoms with Crippen LogP contribution in [-0.4, -0.2) is 23.2 Å². The van der Waals surface area contributed by atoms with Gasteiger partial charge in [-0.3, -0.25) is 9.59 Å². The fourth-order valence-electron chi connectivity index (χ4n) is 2.29. The number of aromatic nitrogens is 1. The summed E-state index contributed by atoms with van der Waals surface area (Å²) in [6.45, 7) is 0. The second-order valence-electron chi connectivity index (χ2n) is 5.60. The summed E-state index contributed by atoms with van der Waals surface area (Å²) in [5, 5.41) is 7.29. The molecule has 1 heterocycles. The van der Waals surface area contributed by atoms with Crippen LogP contribution in [0.3, 0.4) is 0 Å². The average Bonchev–Trinajstić information content (AvgIpc) is 3.11. The van der Waals surface area contributed by atoms with Gasteiger partial charge in [0.2, 0.25) is 0 Å². The molecule has 0 aliphatic heterocycles. The Morgan fingerprint density at radius 3 is 2.41 bits per heavy atom. The molecule has 0 aliphatic carbocycles. The molecule has 0 fully saturated rings. The number of benzene rings is 2. The maximum atomic E-state index is 12.4. The zero-order chi connectivity index (χ0) is 21.0. The van der Waals surface area contributed by atoms with Gasteiger partial charge in [0.1, 0.15) is 11.4 Å². The first-order valence-corrected chi connectivity index (χ1v) is 8.88. The van der Waals surface area contributed by atoms with Gasteiger partial charge in [-0.15, -0.1) is 24.5 Å². The van der Waals surface area contributed by atoms with Gasteiger partial charge in [0.05, 0.1) is 11.3 Å². The first-order chi connectivity index (χ1) is 13.7. The number of para-hydroxylation sites is 1. The highest BCUT2D eigenvalue weighted by Crippen LogP contribution is 2.26. The van der Waals surface area contributed by atoms with Crippen molar-refractivity contribution in [3.63, 3.8) is 0 Å². The molecule has 0 aliphatic rings. The van der Waals surface area contributed by atoms with E-state index < -0.39 is 18.2 Å². The van der Waals surface area contributed by atoms with Gasteiger partial charge in [-0.25, -0.2) is 4.98 Å². The molecule has 0 atom stereocenters. The van der Waals surface area contributed by atoms with Gasteiger partial charge in [-0.2, -0.15) is 0 Å². The van der Waals surface area contributed by atoms with Gasteiger partial charge in [-0.1, -0.05) is 12.1 Å². The van der Waals surface area contributed by atoms with E-state index in [0.717, 1.165) is 23.5 Å². The molecule has 0 bridgehead atoms. The summed E-state index contributed by atoms with van der Waals surface area (Å²) in [5.74, 6) is -1.58. The Kier molecular flexibility index (Phi) is 5.69. The highest BCUT2D eigenvalue weighted by Gasteiger charge is 2.30. The smallest absolute Gasteiger partial charge is 0.406 e. The Labute approximate surface area is 166 Å². The maximum absolute atomic E-state index is 12.4. The number of thiazole rings is 1. The molecule has 0 unspecified atom stereocenters. The lowest BCUT2D eigenvalue weighted by Gasteiger charge is -2.09. The third kappa shape index (κ3) is 5.45. The molecule has 3 rings (SSSR count). The van der Waals surface area contributed by atoms with E-state index in [1.54, 1.807) is 12.1 Å². The molecular formula is C18H13F3N4O3S. The zero-order valence-electron chi connectivity index (χ0n) is 14.5. The highest BCUT2D eigenvalue weighted by atomic mass is 32.1. The van der Waals surface area contributed by atoms with Crippen molar-refractivity contribution in [2.24, 2.45) is 5.73 Å². The highest BCUT2D eigenvalue weighted by molar-refractivity contribution is 7.14. The van der Waals surface area contributed by atoms with Crippen molar-refractivity contribution in [1.82, 2.24) is 4.98 Å². The lowest BCUT2D eigenvalue weighted by atomic mass is 10.1. The lowest BCUT2D eigenvalue weighted by Crippen LogP contribution is -2.18. The van der Waals surface area contributed by atoms with Crippen LogP contribution in [0.4, 0.5) is 29.7 Å². The molecule has 150 valence electrons. The van der Waals surface area contributed by atoms with Gasteiger partial charge in [-0.05, 0) is 36.4 Å². The van der Waals surface area contributed by atoms with Crippen LogP contribution in [0.5, 0.6) is 5.75 Å². The zero-order valence-corrected chi connectivity index (χ0v) is 15.3. The number of halogens is 3. The molecule has 3 aromatic rings. The molecule has 11 heteroatoms. The standard InChI is InChI=1S/C18H13F3N4O3S/c19-18(20,21)28-11-7-5-10(6-8-11)23-17-25-14(9-29-17)16(27)24-13-4-2-1-3-12(13)15(22)26/h1-9H,(H2,22,26)(H,23,25)(H,24,27). The van der Waals surface area contributed by atoms with E-state index >= 15 is 0 Å². The number of carbonyl (C=O) groups is 2. The third-order valence-electron chi connectivity index (χ3n) is 3.52. The van der Waals surface area contributed by atoms with Crippen LogP contribution < -0.4 is 21.1 Å². The SMILES string of the molecule is NC(=O)c1ccccc1NC(=O)c1csc(Nc2ccc(OC(F)(F)F)cc2)n1. The van der Waals surface area contributed by atoms with E-state index in [0.29, 0.717) is 10.8 Å². The first-order valence-electron chi connectivity index (χ1n) is 8.00. The van der Waals surface area contributed by atoms with Crippen LogP contribution in [0.2, 0.25) is 0 Å². The molecule has 1 aromatic heterocycles. The van der Waals surface area contributed by atoms with Crippen molar-refractivity contribution >= 4 is 39.7 Å². The minimum Gasteiger partial charge on any atom is -0.406 e. The molecule has 4 N–H and O–H groups in total. The topological polar surface area (TPSA) is 106 Å². The summed E-state index contributed by atoms with van der Waals surface area (Å²) >= 11 is 1.12. The Balaban J connectivity index is 1.66. The molecular weight excluding hydrogens is 409 g/mol. The third-order valence-corrected chi connectivity index (χ3v) is 4.27. The van der Waals surface area contributed by atoms with Crippen LogP contribution in [0, 0.1) is 0 Å². The van der Waals surface area contributed by atoms with Crippen LogP contribution in [0.15, 0.2) is 53.9 Å². The van der Waals surface area contributed by atoms with E-state index in [2.05, 4.69) is 20.4 Å². The number of anilines is 3. The Hall–Kier alpha value is -3.60. The minimum atomic E-state index is -4.76. The largest absolute Gasteiger partial charge is 0.573 e. The number of nitrogens with two attached hydrogens (primary N) is 1. The number of amides is 2. The molecule has 0 saturated carbocycles. The van der Waals surface area contributed by atoms with Crippen LogP contribution in [-0.2, 0) is 0 Å². The number of nitrogens with zero attached hydrogens (tertiary/aromatic N) is 1. The second kappa shape index (κ2) is 8.19. The summed E-state index contributed by atoms with van der Waals surface area (Å²) in [5.41, 5.74) is 6.25.